The molecule has 1 saturated heterocycles. The Labute approximate surface area is 206 Å². The average molecular weight is 579 g/mol. The lowest BCUT2D eigenvalue weighted by molar-refractivity contribution is -0.0592. The van der Waals surface area contributed by atoms with Gasteiger partial charge < -0.3 is 19.9 Å². The minimum absolute atomic E-state index is 0.00403. The van der Waals surface area contributed by atoms with Crippen LogP contribution in [0.25, 0.3) is 0 Å². The Balaban J connectivity index is 1.58. The molecule has 4 atom stereocenters. The van der Waals surface area contributed by atoms with Crippen LogP contribution in [0.1, 0.15) is 26.9 Å². The van der Waals surface area contributed by atoms with Gasteiger partial charge >= 0.3 is 17.6 Å². The van der Waals surface area contributed by atoms with Gasteiger partial charge in [0.2, 0.25) is 0 Å². The third-order valence-electron chi connectivity index (χ3n) is 5.12. The number of hydrogen-bond donors (Lipinski definition) is 1. The van der Waals surface area contributed by atoms with Gasteiger partial charge in [0.05, 0.1) is 14.7 Å². The molecule has 0 radical (unpaired) electrons. The molecule has 1 aliphatic rings. The molecule has 1 fully saturated rings. The predicted molar refractivity (Wildman–Crippen MR) is 127 cm³/mol. The van der Waals surface area contributed by atoms with E-state index in [1.165, 1.54) is 18.3 Å². The summed E-state index contributed by atoms with van der Waals surface area (Å²) in [7, 11) is 0. The highest BCUT2D eigenvalue weighted by molar-refractivity contribution is 14.1. The zero-order valence-corrected chi connectivity index (χ0v) is 19.7. The van der Waals surface area contributed by atoms with Crippen molar-refractivity contribution in [3.63, 3.8) is 0 Å². The molecule has 0 aliphatic carbocycles. The lowest BCUT2D eigenvalue weighted by Crippen LogP contribution is -2.38. The lowest BCUT2D eigenvalue weighted by Gasteiger charge is -2.19. The Kier molecular flexibility index (Phi) is 7.22. The first-order valence-electron chi connectivity index (χ1n) is 10.2. The number of benzene rings is 2. The molecule has 176 valence electrons. The third-order valence-corrected chi connectivity index (χ3v) is 5.95. The number of rotatable bonds is 6. The number of carbonyl (C=O) groups excluding carboxylic acids is 2. The zero-order valence-electron chi connectivity index (χ0n) is 17.5. The van der Waals surface area contributed by atoms with Crippen molar-refractivity contribution < 1.29 is 28.2 Å². The number of nitrogens with zero attached hydrogens (tertiary/aromatic N) is 2. The van der Waals surface area contributed by atoms with Crippen molar-refractivity contribution in [2.45, 2.75) is 24.6 Å². The summed E-state index contributed by atoms with van der Waals surface area (Å²) in [6.45, 7) is -0.411. The molecule has 0 bridgehead atoms. The highest BCUT2D eigenvalue weighted by Crippen LogP contribution is 2.34. The molecular formula is C23H19FIN3O6. The minimum atomic E-state index is -1.95. The van der Waals surface area contributed by atoms with Crippen molar-refractivity contribution >= 4 is 40.3 Å². The summed E-state index contributed by atoms with van der Waals surface area (Å²) in [6.07, 6.45) is -4.75. The summed E-state index contributed by atoms with van der Waals surface area (Å²) in [5.41, 5.74) is 5.32. The van der Waals surface area contributed by atoms with Crippen LogP contribution >= 0.6 is 22.6 Å². The van der Waals surface area contributed by atoms with Crippen LogP contribution in [0.3, 0.4) is 0 Å². The second-order valence-corrected chi connectivity index (χ2v) is 8.54. The number of alkyl halides is 1. The minimum Gasteiger partial charge on any atom is -0.459 e. The van der Waals surface area contributed by atoms with Crippen LogP contribution in [0.5, 0.6) is 0 Å². The fourth-order valence-electron chi connectivity index (χ4n) is 3.41. The van der Waals surface area contributed by atoms with Gasteiger partial charge in [-0.1, -0.05) is 36.4 Å². The van der Waals surface area contributed by atoms with E-state index in [0.717, 1.165) is 4.57 Å². The molecule has 0 saturated carbocycles. The SMILES string of the molecule is Nc1nc(=O)n([C@H]2O[C@H](COC(=O)c3ccccc3)[C@@H](OC(=O)c3ccccc3)[C@@H]2F)cc1I. The molecule has 0 unspecified atom stereocenters. The highest BCUT2D eigenvalue weighted by Gasteiger charge is 2.49. The number of nitrogens with two attached hydrogens (primary N) is 1. The second kappa shape index (κ2) is 10.3. The van der Waals surface area contributed by atoms with E-state index >= 15 is 4.39 Å². The number of ether oxygens (including phenoxy) is 3. The molecule has 0 spiro atoms. The van der Waals surface area contributed by atoms with E-state index in [1.807, 2.05) is 22.6 Å². The van der Waals surface area contributed by atoms with Gasteiger partial charge in [-0.05, 0) is 46.9 Å². The number of halogens is 2. The predicted octanol–water partition coefficient (Wildman–Crippen LogP) is 2.75. The Morgan fingerprint density at radius 1 is 1.06 bits per heavy atom. The number of hydrogen-bond acceptors (Lipinski definition) is 8. The third kappa shape index (κ3) is 5.09. The maximum absolute atomic E-state index is 15.6. The molecule has 11 heteroatoms. The van der Waals surface area contributed by atoms with E-state index in [-0.39, 0.29) is 11.4 Å². The van der Waals surface area contributed by atoms with Crippen LogP contribution in [0.15, 0.2) is 71.7 Å². The zero-order chi connectivity index (χ0) is 24.2. The largest absolute Gasteiger partial charge is 0.459 e. The Hall–Kier alpha value is -3.32. The van der Waals surface area contributed by atoms with Crippen LogP contribution in [0.4, 0.5) is 10.2 Å². The molecule has 2 N–H and O–H groups in total. The van der Waals surface area contributed by atoms with E-state index in [1.54, 1.807) is 48.5 Å². The standard InChI is InChI=1S/C23H19FIN3O6/c24-17-18(34-22(30)14-9-5-2-6-10-14)16(12-32-21(29)13-7-3-1-4-8-13)33-20(17)28-11-15(25)19(26)27-23(28)31/h1-11,16-18,20H,12H2,(H2,26,27,31)/t16-,17+,18-,20+/m1/s1. The summed E-state index contributed by atoms with van der Waals surface area (Å²) in [6, 6.07) is 16.2. The molecular weight excluding hydrogens is 560 g/mol. The van der Waals surface area contributed by atoms with E-state index in [4.69, 9.17) is 19.9 Å². The molecule has 3 aromatic rings. The van der Waals surface area contributed by atoms with E-state index in [2.05, 4.69) is 4.98 Å². The number of nitrogen functional groups attached to an aromatic ring is 1. The number of anilines is 1. The Morgan fingerprint density at radius 2 is 1.65 bits per heavy atom. The van der Waals surface area contributed by atoms with Gasteiger partial charge in [0.15, 0.2) is 18.5 Å². The quantitative estimate of drug-likeness (QED) is 0.350. The summed E-state index contributed by atoms with van der Waals surface area (Å²) in [4.78, 5) is 41.0. The van der Waals surface area contributed by atoms with Crippen LogP contribution in [-0.4, -0.2) is 46.5 Å². The molecule has 0 amide bonds. The van der Waals surface area contributed by atoms with Gasteiger partial charge in [-0.15, -0.1) is 0 Å². The normalized spacial score (nSPS) is 21.7. The van der Waals surface area contributed by atoms with Gasteiger partial charge in [0.1, 0.15) is 18.5 Å². The first-order chi connectivity index (χ1) is 16.3. The summed E-state index contributed by atoms with van der Waals surface area (Å²) < 4.78 is 33.3. The van der Waals surface area contributed by atoms with Gasteiger partial charge in [-0.3, -0.25) is 4.57 Å². The fourth-order valence-corrected chi connectivity index (χ4v) is 3.83. The molecule has 4 rings (SSSR count). The number of esters is 2. The van der Waals surface area contributed by atoms with Crippen LogP contribution < -0.4 is 11.4 Å². The maximum Gasteiger partial charge on any atom is 0.351 e. The molecule has 2 aromatic carbocycles. The fraction of sp³-hybridized carbons (Fsp3) is 0.217. The first kappa shape index (κ1) is 23.8. The maximum atomic E-state index is 15.6. The Bertz CT molecular complexity index is 1240. The Morgan fingerprint density at radius 3 is 2.26 bits per heavy atom. The van der Waals surface area contributed by atoms with E-state index < -0.39 is 48.8 Å². The van der Waals surface area contributed by atoms with Crippen molar-refractivity contribution in [2.75, 3.05) is 12.3 Å². The smallest absolute Gasteiger partial charge is 0.351 e. The van der Waals surface area contributed by atoms with Crippen molar-refractivity contribution in [3.05, 3.63) is 92.0 Å². The first-order valence-corrected chi connectivity index (χ1v) is 11.2. The highest BCUT2D eigenvalue weighted by atomic mass is 127. The number of carbonyl (C=O) groups is 2. The van der Waals surface area contributed by atoms with Crippen LogP contribution in [-0.2, 0) is 14.2 Å². The van der Waals surface area contributed by atoms with Crippen molar-refractivity contribution in [1.29, 1.82) is 0 Å². The van der Waals surface area contributed by atoms with Crippen molar-refractivity contribution in [3.8, 4) is 0 Å². The summed E-state index contributed by atoms with van der Waals surface area (Å²) >= 11 is 1.85. The second-order valence-electron chi connectivity index (χ2n) is 7.37. The van der Waals surface area contributed by atoms with Crippen LogP contribution in [0, 0.1) is 3.57 Å². The average Bonchev–Trinajstić information content (AvgIpc) is 3.15. The van der Waals surface area contributed by atoms with Gasteiger partial charge in [-0.2, -0.15) is 4.98 Å². The topological polar surface area (TPSA) is 123 Å². The summed E-state index contributed by atoms with van der Waals surface area (Å²) in [5.74, 6) is -1.44. The van der Waals surface area contributed by atoms with Crippen molar-refractivity contribution in [2.24, 2.45) is 0 Å². The monoisotopic (exact) mass is 579 g/mol. The molecule has 2 heterocycles. The van der Waals surface area contributed by atoms with Gasteiger partial charge in [-0.25, -0.2) is 18.8 Å². The summed E-state index contributed by atoms with van der Waals surface area (Å²) in [5, 5.41) is 0. The molecule has 9 nitrogen and oxygen atoms in total. The lowest BCUT2D eigenvalue weighted by atomic mass is 10.1. The molecule has 34 heavy (non-hydrogen) atoms. The van der Waals surface area contributed by atoms with E-state index in [9.17, 15) is 14.4 Å². The van der Waals surface area contributed by atoms with E-state index in [0.29, 0.717) is 9.13 Å². The van der Waals surface area contributed by atoms with Gasteiger partial charge in [0.25, 0.3) is 0 Å². The molecule has 1 aromatic heterocycles. The van der Waals surface area contributed by atoms with Crippen LogP contribution in [0.2, 0.25) is 0 Å². The molecule has 1 aliphatic heterocycles. The number of aromatic nitrogens is 2. The van der Waals surface area contributed by atoms with Gasteiger partial charge in [0, 0.05) is 6.20 Å². The van der Waals surface area contributed by atoms with Crippen molar-refractivity contribution in [1.82, 2.24) is 9.55 Å².